The molecule has 0 radical (unpaired) electrons. The second-order valence-corrected chi connectivity index (χ2v) is 3.78. The number of rotatable bonds is 5. The van der Waals surface area contributed by atoms with Crippen molar-refractivity contribution in [1.29, 1.82) is 0 Å². The molecule has 0 saturated carbocycles. The van der Waals surface area contributed by atoms with Crippen LogP contribution in [0.5, 0.6) is 0 Å². The third-order valence-corrected chi connectivity index (χ3v) is 2.66. The van der Waals surface area contributed by atoms with Gasteiger partial charge in [-0.05, 0) is 6.42 Å². The Morgan fingerprint density at radius 1 is 1.80 bits per heavy atom. The van der Waals surface area contributed by atoms with Gasteiger partial charge in [-0.15, -0.1) is 17.8 Å². The summed E-state index contributed by atoms with van der Waals surface area (Å²) in [6.07, 6.45) is 6.18. The van der Waals surface area contributed by atoms with Crippen molar-refractivity contribution in [3.63, 3.8) is 0 Å². The molecular formula is C10H12N2O2S. The van der Waals surface area contributed by atoms with Crippen molar-refractivity contribution < 1.29 is 9.90 Å². The largest absolute Gasteiger partial charge is 0.476 e. The van der Waals surface area contributed by atoms with Gasteiger partial charge in [0.15, 0.2) is 10.8 Å². The summed E-state index contributed by atoms with van der Waals surface area (Å²) in [7, 11) is 0. The van der Waals surface area contributed by atoms with E-state index in [2.05, 4.69) is 10.9 Å². The van der Waals surface area contributed by atoms with Crippen LogP contribution in [0.15, 0.2) is 5.38 Å². The molecule has 1 rings (SSSR count). The number of carboxylic acids is 1. The summed E-state index contributed by atoms with van der Waals surface area (Å²) in [4.78, 5) is 16.5. The quantitative estimate of drug-likeness (QED) is 0.773. The number of aromatic nitrogens is 1. The van der Waals surface area contributed by atoms with Gasteiger partial charge in [0.2, 0.25) is 0 Å². The molecule has 0 aliphatic heterocycles. The highest BCUT2D eigenvalue weighted by Crippen LogP contribution is 2.20. The number of nitrogens with zero attached hydrogens (tertiary/aromatic N) is 2. The zero-order valence-electron chi connectivity index (χ0n) is 8.43. The van der Waals surface area contributed by atoms with Gasteiger partial charge in [-0.3, -0.25) is 0 Å². The number of aromatic carboxylic acids is 1. The van der Waals surface area contributed by atoms with E-state index in [1.165, 1.54) is 16.7 Å². The van der Waals surface area contributed by atoms with Crippen LogP contribution in [0.3, 0.4) is 0 Å². The van der Waals surface area contributed by atoms with Crippen LogP contribution in [0.1, 0.15) is 23.8 Å². The lowest BCUT2D eigenvalue weighted by molar-refractivity contribution is 0.0691. The van der Waals surface area contributed by atoms with E-state index in [1.807, 2.05) is 11.8 Å². The Labute approximate surface area is 92.6 Å². The van der Waals surface area contributed by atoms with Gasteiger partial charge >= 0.3 is 5.97 Å². The predicted molar refractivity (Wildman–Crippen MR) is 60.4 cm³/mol. The summed E-state index contributed by atoms with van der Waals surface area (Å²) in [6.45, 7) is 3.28. The smallest absolute Gasteiger partial charge is 0.355 e. The van der Waals surface area contributed by atoms with E-state index in [4.69, 9.17) is 11.5 Å². The zero-order chi connectivity index (χ0) is 11.3. The highest BCUT2D eigenvalue weighted by atomic mass is 32.1. The van der Waals surface area contributed by atoms with Crippen molar-refractivity contribution in [3.8, 4) is 12.3 Å². The normalized spacial score (nSPS) is 9.60. The topological polar surface area (TPSA) is 53.4 Å². The van der Waals surface area contributed by atoms with Crippen LogP contribution in [-0.2, 0) is 0 Å². The molecule has 15 heavy (non-hydrogen) atoms. The van der Waals surface area contributed by atoms with Crippen molar-refractivity contribution in [3.05, 3.63) is 11.1 Å². The van der Waals surface area contributed by atoms with Crippen LogP contribution < -0.4 is 4.90 Å². The molecule has 0 atom stereocenters. The Kier molecular flexibility index (Phi) is 4.13. The van der Waals surface area contributed by atoms with Crippen LogP contribution in [0.2, 0.25) is 0 Å². The molecule has 1 N–H and O–H groups in total. The van der Waals surface area contributed by atoms with Crippen LogP contribution >= 0.6 is 11.3 Å². The fourth-order valence-corrected chi connectivity index (χ4v) is 1.96. The predicted octanol–water partition coefficient (Wildman–Crippen LogP) is 1.69. The summed E-state index contributed by atoms with van der Waals surface area (Å²) in [5.74, 6) is 1.53. The highest BCUT2D eigenvalue weighted by Gasteiger charge is 2.12. The molecule has 1 heterocycles. The Balaban J connectivity index is 2.82. The van der Waals surface area contributed by atoms with E-state index < -0.39 is 5.97 Å². The molecule has 5 heteroatoms. The third-order valence-electron chi connectivity index (χ3n) is 1.76. The van der Waals surface area contributed by atoms with E-state index in [0.717, 1.165) is 13.0 Å². The first-order valence-corrected chi connectivity index (χ1v) is 5.44. The molecular weight excluding hydrogens is 212 g/mol. The molecule has 1 aromatic rings. The van der Waals surface area contributed by atoms with Gasteiger partial charge in [-0.1, -0.05) is 12.8 Å². The van der Waals surface area contributed by atoms with Crippen molar-refractivity contribution in [1.82, 2.24) is 4.98 Å². The fourth-order valence-electron chi connectivity index (χ4n) is 1.13. The second-order valence-electron chi connectivity index (χ2n) is 2.95. The molecule has 0 unspecified atom stereocenters. The van der Waals surface area contributed by atoms with E-state index in [-0.39, 0.29) is 5.69 Å². The van der Waals surface area contributed by atoms with Crippen LogP contribution in [0.25, 0.3) is 0 Å². The van der Waals surface area contributed by atoms with E-state index in [9.17, 15) is 4.79 Å². The first-order chi connectivity index (χ1) is 7.19. The molecule has 0 aliphatic carbocycles. The minimum absolute atomic E-state index is 0.0770. The Morgan fingerprint density at radius 3 is 3.00 bits per heavy atom. The van der Waals surface area contributed by atoms with Crippen LogP contribution in [0.4, 0.5) is 5.13 Å². The SMILES string of the molecule is C#CCN(CCC)c1nc(C(=O)O)cs1. The molecule has 0 aliphatic rings. The first-order valence-electron chi connectivity index (χ1n) is 4.56. The lowest BCUT2D eigenvalue weighted by Gasteiger charge is -2.17. The van der Waals surface area contributed by atoms with Gasteiger partial charge in [0, 0.05) is 11.9 Å². The lowest BCUT2D eigenvalue weighted by Crippen LogP contribution is -2.24. The number of carbonyl (C=O) groups is 1. The van der Waals surface area contributed by atoms with E-state index in [1.54, 1.807) is 0 Å². The maximum Gasteiger partial charge on any atom is 0.355 e. The molecule has 0 aromatic carbocycles. The fraction of sp³-hybridized carbons (Fsp3) is 0.400. The standard InChI is InChI=1S/C10H12N2O2S/c1-3-5-12(6-4-2)10-11-8(7-15-10)9(13)14/h1,7H,4-6H2,2H3,(H,13,14). The Hall–Kier alpha value is -1.54. The average Bonchev–Trinajstić information content (AvgIpc) is 2.66. The summed E-state index contributed by atoms with van der Waals surface area (Å²) < 4.78 is 0. The number of terminal acetylenes is 1. The number of thiazole rings is 1. The van der Waals surface area contributed by atoms with Crippen LogP contribution in [-0.4, -0.2) is 29.1 Å². The van der Waals surface area contributed by atoms with Gasteiger partial charge in [0.05, 0.1) is 6.54 Å². The molecule has 0 fully saturated rings. The highest BCUT2D eigenvalue weighted by molar-refractivity contribution is 7.13. The minimum atomic E-state index is -1.00. The van der Waals surface area contributed by atoms with Gasteiger partial charge < -0.3 is 10.0 Å². The van der Waals surface area contributed by atoms with Gasteiger partial charge in [-0.2, -0.15) is 0 Å². The number of carboxylic acid groups (broad SMARTS) is 1. The summed E-state index contributed by atoms with van der Waals surface area (Å²) in [5, 5.41) is 10.9. The molecule has 0 bridgehead atoms. The van der Waals surface area contributed by atoms with Crippen LogP contribution in [0, 0.1) is 12.3 Å². The van der Waals surface area contributed by atoms with E-state index in [0.29, 0.717) is 11.7 Å². The Morgan fingerprint density at radius 2 is 2.53 bits per heavy atom. The molecule has 80 valence electrons. The molecule has 0 saturated heterocycles. The third kappa shape index (κ3) is 2.96. The molecule has 4 nitrogen and oxygen atoms in total. The minimum Gasteiger partial charge on any atom is -0.476 e. The van der Waals surface area contributed by atoms with Crippen molar-refractivity contribution >= 4 is 22.4 Å². The molecule has 1 aromatic heterocycles. The number of hydrogen-bond acceptors (Lipinski definition) is 4. The second kappa shape index (κ2) is 5.37. The number of anilines is 1. The van der Waals surface area contributed by atoms with Gasteiger partial charge in [0.1, 0.15) is 0 Å². The number of hydrogen-bond donors (Lipinski definition) is 1. The van der Waals surface area contributed by atoms with E-state index >= 15 is 0 Å². The molecule has 0 amide bonds. The average molecular weight is 224 g/mol. The van der Waals surface area contributed by atoms with Crippen molar-refractivity contribution in [2.75, 3.05) is 18.0 Å². The van der Waals surface area contributed by atoms with Gasteiger partial charge in [0.25, 0.3) is 0 Å². The zero-order valence-corrected chi connectivity index (χ0v) is 9.25. The maximum absolute atomic E-state index is 10.6. The lowest BCUT2D eigenvalue weighted by atomic mass is 10.4. The van der Waals surface area contributed by atoms with Crippen molar-refractivity contribution in [2.24, 2.45) is 0 Å². The molecule has 0 spiro atoms. The Bertz CT molecular complexity index is 381. The summed E-state index contributed by atoms with van der Waals surface area (Å²) in [5.41, 5.74) is 0.0770. The summed E-state index contributed by atoms with van der Waals surface area (Å²) in [6, 6.07) is 0. The monoisotopic (exact) mass is 224 g/mol. The summed E-state index contributed by atoms with van der Waals surface area (Å²) >= 11 is 1.30. The first kappa shape index (κ1) is 11.5. The van der Waals surface area contributed by atoms with Gasteiger partial charge in [-0.25, -0.2) is 9.78 Å². The van der Waals surface area contributed by atoms with Crippen molar-refractivity contribution in [2.45, 2.75) is 13.3 Å². The maximum atomic E-state index is 10.6.